The van der Waals surface area contributed by atoms with Gasteiger partial charge >= 0.3 is 0 Å². The predicted molar refractivity (Wildman–Crippen MR) is 106 cm³/mol. The van der Waals surface area contributed by atoms with E-state index in [-0.39, 0.29) is 16.7 Å². The molecule has 0 bridgehead atoms. The van der Waals surface area contributed by atoms with Crippen molar-refractivity contribution in [3.8, 4) is 0 Å². The van der Waals surface area contributed by atoms with Crippen molar-refractivity contribution in [2.45, 2.75) is 11.8 Å². The highest BCUT2D eigenvalue weighted by atomic mass is 32.2. The van der Waals surface area contributed by atoms with Crippen molar-refractivity contribution < 1.29 is 18.0 Å². The molecule has 2 amide bonds. The van der Waals surface area contributed by atoms with Gasteiger partial charge in [-0.3, -0.25) is 9.59 Å². The zero-order valence-electron chi connectivity index (χ0n) is 15.7. The normalized spacial score (nSPS) is 14.8. The summed E-state index contributed by atoms with van der Waals surface area (Å²) >= 11 is 0. The molecule has 7 nitrogen and oxygen atoms in total. The molecular formula is C20H23N3O4S. The molecule has 0 saturated carbocycles. The van der Waals surface area contributed by atoms with E-state index in [4.69, 9.17) is 0 Å². The summed E-state index contributed by atoms with van der Waals surface area (Å²) in [5.41, 5.74) is 1.07. The zero-order valence-corrected chi connectivity index (χ0v) is 16.5. The minimum absolute atomic E-state index is 0.0364. The monoisotopic (exact) mass is 401 g/mol. The summed E-state index contributed by atoms with van der Waals surface area (Å²) in [6.45, 7) is 3.81. The average molecular weight is 401 g/mol. The fourth-order valence-corrected chi connectivity index (χ4v) is 4.15. The Morgan fingerprint density at radius 3 is 1.75 bits per heavy atom. The van der Waals surface area contributed by atoms with Gasteiger partial charge in [0.2, 0.25) is 10.0 Å². The second-order valence-electron chi connectivity index (χ2n) is 6.48. The third-order valence-electron chi connectivity index (χ3n) is 4.62. The number of amides is 2. The zero-order chi connectivity index (χ0) is 20.1. The minimum atomic E-state index is -3.54. The number of carbonyl (C=O) groups excluding carboxylic acids is 2. The standard InChI is InChI=1S/C20H23N3O4S/c1-2-21-28(26,27)18-10-8-17(9-11-18)20(25)23-14-12-22(13-15-23)19(24)16-6-4-3-5-7-16/h3-11,21H,2,12-15H2,1H3. The van der Waals surface area contributed by atoms with Crippen molar-refractivity contribution in [3.05, 3.63) is 65.7 Å². The molecule has 1 aliphatic rings. The Bertz CT molecular complexity index is 935. The molecule has 1 N–H and O–H groups in total. The molecule has 0 spiro atoms. The molecule has 148 valence electrons. The first-order chi connectivity index (χ1) is 13.4. The van der Waals surface area contributed by atoms with Gasteiger partial charge in [0, 0.05) is 43.9 Å². The maximum atomic E-state index is 12.7. The first kappa shape index (κ1) is 20.0. The number of rotatable bonds is 5. The largest absolute Gasteiger partial charge is 0.335 e. The smallest absolute Gasteiger partial charge is 0.253 e. The number of hydrogen-bond donors (Lipinski definition) is 1. The lowest BCUT2D eigenvalue weighted by atomic mass is 10.1. The number of piperazine rings is 1. The molecule has 1 saturated heterocycles. The summed E-state index contributed by atoms with van der Waals surface area (Å²) in [7, 11) is -3.54. The van der Waals surface area contributed by atoms with Crippen LogP contribution in [-0.2, 0) is 10.0 Å². The number of carbonyl (C=O) groups is 2. The van der Waals surface area contributed by atoms with Gasteiger partial charge in [-0.15, -0.1) is 0 Å². The third-order valence-corrected chi connectivity index (χ3v) is 6.18. The molecular weight excluding hydrogens is 378 g/mol. The Kier molecular flexibility index (Phi) is 6.11. The van der Waals surface area contributed by atoms with Gasteiger partial charge in [0.05, 0.1) is 4.90 Å². The van der Waals surface area contributed by atoms with E-state index in [2.05, 4.69) is 4.72 Å². The lowest BCUT2D eigenvalue weighted by Gasteiger charge is -2.35. The molecule has 1 aliphatic heterocycles. The number of nitrogens with one attached hydrogen (secondary N) is 1. The first-order valence-corrected chi connectivity index (χ1v) is 10.6. The van der Waals surface area contributed by atoms with Gasteiger partial charge in [0.15, 0.2) is 0 Å². The lowest BCUT2D eigenvalue weighted by Crippen LogP contribution is -2.50. The second kappa shape index (κ2) is 8.53. The molecule has 1 fully saturated rings. The van der Waals surface area contributed by atoms with Gasteiger partial charge in [-0.1, -0.05) is 25.1 Å². The van der Waals surface area contributed by atoms with Crippen LogP contribution < -0.4 is 4.72 Å². The molecule has 3 rings (SSSR count). The van der Waals surface area contributed by atoms with Crippen LogP contribution in [0.3, 0.4) is 0 Å². The highest BCUT2D eigenvalue weighted by Crippen LogP contribution is 2.15. The van der Waals surface area contributed by atoms with E-state index >= 15 is 0 Å². The van der Waals surface area contributed by atoms with Crippen LogP contribution in [0.2, 0.25) is 0 Å². The van der Waals surface area contributed by atoms with Crippen LogP contribution in [0.5, 0.6) is 0 Å². The third kappa shape index (κ3) is 4.40. The topological polar surface area (TPSA) is 86.8 Å². The molecule has 1 heterocycles. The highest BCUT2D eigenvalue weighted by molar-refractivity contribution is 7.89. The van der Waals surface area contributed by atoms with Crippen molar-refractivity contribution in [3.63, 3.8) is 0 Å². The molecule has 0 aliphatic carbocycles. The Morgan fingerprint density at radius 2 is 1.29 bits per heavy atom. The second-order valence-corrected chi connectivity index (χ2v) is 8.24. The number of benzene rings is 2. The molecule has 0 atom stereocenters. The summed E-state index contributed by atoms with van der Waals surface area (Å²) < 4.78 is 26.4. The van der Waals surface area contributed by atoms with Crippen LogP contribution >= 0.6 is 0 Å². The summed E-state index contributed by atoms with van der Waals surface area (Å²) in [6.07, 6.45) is 0. The summed E-state index contributed by atoms with van der Waals surface area (Å²) in [4.78, 5) is 28.7. The van der Waals surface area contributed by atoms with E-state index in [9.17, 15) is 18.0 Å². The van der Waals surface area contributed by atoms with Crippen molar-refractivity contribution in [2.75, 3.05) is 32.7 Å². The molecule has 0 radical (unpaired) electrons. The van der Waals surface area contributed by atoms with Crippen molar-refractivity contribution >= 4 is 21.8 Å². The minimum Gasteiger partial charge on any atom is -0.335 e. The summed E-state index contributed by atoms with van der Waals surface area (Å²) in [5.74, 6) is -0.204. The van der Waals surface area contributed by atoms with E-state index in [0.29, 0.717) is 43.9 Å². The van der Waals surface area contributed by atoms with Gasteiger partial charge in [0.1, 0.15) is 0 Å². The SMILES string of the molecule is CCNS(=O)(=O)c1ccc(C(=O)N2CCN(C(=O)c3ccccc3)CC2)cc1. The fraction of sp³-hybridized carbons (Fsp3) is 0.300. The quantitative estimate of drug-likeness (QED) is 0.824. The number of hydrogen-bond acceptors (Lipinski definition) is 4. The van der Waals surface area contributed by atoms with Gasteiger partial charge in [-0.25, -0.2) is 13.1 Å². The van der Waals surface area contributed by atoms with E-state index in [1.54, 1.807) is 28.9 Å². The van der Waals surface area contributed by atoms with Gasteiger partial charge in [0.25, 0.3) is 11.8 Å². The van der Waals surface area contributed by atoms with Crippen LogP contribution in [0.4, 0.5) is 0 Å². The van der Waals surface area contributed by atoms with Gasteiger partial charge < -0.3 is 9.80 Å². The van der Waals surface area contributed by atoms with Crippen molar-refractivity contribution in [1.29, 1.82) is 0 Å². The van der Waals surface area contributed by atoms with E-state index in [0.717, 1.165) is 0 Å². The maximum absolute atomic E-state index is 12.7. The van der Waals surface area contributed by atoms with E-state index in [1.807, 2.05) is 18.2 Å². The lowest BCUT2D eigenvalue weighted by molar-refractivity contribution is 0.0535. The Hall–Kier alpha value is -2.71. The number of sulfonamides is 1. The molecule has 0 unspecified atom stereocenters. The molecule has 28 heavy (non-hydrogen) atoms. The van der Waals surface area contributed by atoms with Crippen LogP contribution in [0.15, 0.2) is 59.5 Å². The van der Waals surface area contributed by atoms with Crippen LogP contribution in [0.25, 0.3) is 0 Å². The van der Waals surface area contributed by atoms with Crippen LogP contribution in [0.1, 0.15) is 27.6 Å². The molecule has 2 aromatic carbocycles. The maximum Gasteiger partial charge on any atom is 0.253 e. The highest BCUT2D eigenvalue weighted by Gasteiger charge is 2.25. The Balaban J connectivity index is 1.61. The van der Waals surface area contributed by atoms with Gasteiger partial charge in [-0.05, 0) is 36.4 Å². The molecule has 8 heteroatoms. The summed E-state index contributed by atoms with van der Waals surface area (Å²) in [5, 5.41) is 0. The van der Waals surface area contributed by atoms with Gasteiger partial charge in [-0.2, -0.15) is 0 Å². The average Bonchev–Trinajstić information content (AvgIpc) is 2.73. The molecule has 0 aromatic heterocycles. The van der Waals surface area contributed by atoms with Crippen molar-refractivity contribution in [1.82, 2.24) is 14.5 Å². The van der Waals surface area contributed by atoms with Crippen molar-refractivity contribution in [2.24, 2.45) is 0 Å². The van der Waals surface area contributed by atoms with E-state index in [1.165, 1.54) is 24.3 Å². The predicted octanol–water partition coefficient (Wildman–Crippen LogP) is 1.58. The van der Waals surface area contributed by atoms with Crippen LogP contribution in [-0.4, -0.2) is 62.8 Å². The van der Waals surface area contributed by atoms with E-state index < -0.39 is 10.0 Å². The first-order valence-electron chi connectivity index (χ1n) is 9.15. The molecule has 2 aromatic rings. The Labute approximate surface area is 165 Å². The fourth-order valence-electron chi connectivity index (χ4n) is 3.11. The van der Waals surface area contributed by atoms with Crippen LogP contribution in [0, 0.1) is 0 Å². The number of nitrogens with zero attached hydrogens (tertiary/aromatic N) is 2. The summed E-state index contributed by atoms with van der Waals surface area (Å²) in [6, 6.07) is 15.0. The Morgan fingerprint density at radius 1 is 0.821 bits per heavy atom.